The minimum Gasteiger partial charge on any atom is -0.351 e. The first-order valence-electron chi connectivity index (χ1n) is 5.14. The van der Waals surface area contributed by atoms with Crippen molar-refractivity contribution in [3.63, 3.8) is 0 Å². The van der Waals surface area contributed by atoms with E-state index >= 15 is 0 Å². The molecule has 17 heavy (non-hydrogen) atoms. The molecule has 0 bridgehead atoms. The second-order valence-corrected chi connectivity index (χ2v) is 3.74. The van der Waals surface area contributed by atoms with E-state index in [-0.39, 0.29) is 11.1 Å². The fourth-order valence-corrected chi connectivity index (χ4v) is 1.58. The van der Waals surface area contributed by atoms with Crippen LogP contribution in [0, 0.1) is 0 Å². The molecule has 6 heteroatoms. The Kier molecular flexibility index (Phi) is 3.72. The Balaban J connectivity index is 1.88. The van der Waals surface area contributed by atoms with E-state index in [4.69, 9.17) is 11.6 Å². The molecular formula is C11H11ClN4O. The zero-order valence-corrected chi connectivity index (χ0v) is 9.74. The van der Waals surface area contributed by atoms with Crippen molar-refractivity contribution in [3.05, 3.63) is 47.3 Å². The lowest BCUT2D eigenvalue weighted by molar-refractivity contribution is 0.0954. The molecule has 2 aromatic heterocycles. The highest BCUT2D eigenvalue weighted by Gasteiger charge is 2.09. The predicted molar refractivity (Wildman–Crippen MR) is 63.9 cm³/mol. The summed E-state index contributed by atoms with van der Waals surface area (Å²) in [7, 11) is 0. The Morgan fingerprint density at radius 2 is 2.29 bits per heavy atom. The molecule has 0 unspecified atom stereocenters. The topological polar surface area (TPSA) is 70.7 Å². The average Bonchev–Trinajstić information content (AvgIpc) is 2.82. The van der Waals surface area contributed by atoms with E-state index in [2.05, 4.69) is 20.3 Å². The van der Waals surface area contributed by atoms with Gasteiger partial charge < -0.3 is 10.3 Å². The van der Waals surface area contributed by atoms with Gasteiger partial charge in [-0.1, -0.05) is 11.6 Å². The van der Waals surface area contributed by atoms with E-state index in [1.54, 1.807) is 30.7 Å². The molecule has 2 heterocycles. The first-order chi connectivity index (χ1) is 8.27. The minimum absolute atomic E-state index is 0.211. The first-order valence-corrected chi connectivity index (χ1v) is 5.52. The van der Waals surface area contributed by atoms with E-state index in [0.717, 1.165) is 5.82 Å². The molecule has 2 N–H and O–H groups in total. The van der Waals surface area contributed by atoms with Gasteiger partial charge in [0.1, 0.15) is 11.0 Å². The first kappa shape index (κ1) is 11.6. The normalized spacial score (nSPS) is 10.2. The summed E-state index contributed by atoms with van der Waals surface area (Å²) in [6.07, 6.45) is 5.61. The van der Waals surface area contributed by atoms with Crippen LogP contribution in [0.5, 0.6) is 0 Å². The molecule has 1 amide bonds. The molecule has 0 saturated carbocycles. The SMILES string of the molecule is O=C(NCCc1ncc[nH]1)c1cccnc1Cl. The molecule has 0 aliphatic carbocycles. The Morgan fingerprint density at radius 1 is 1.41 bits per heavy atom. The predicted octanol–water partition coefficient (Wildman–Crippen LogP) is 1.43. The van der Waals surface area contributed by atoms with E-state index in [1.165, 1.54) is 0 Å². The molecule has 0 aliphatic heterocycles. The number of nitrogens with one attached hydrogen (secondary N) is 2. The Hall–Kier alpha value is -1.88. The summed E-state index contributed by atoms with van der Waals surface area (Å²) in [6.45, 7) is 0.498. The molecule has 0 atom stereocenters. The summed E-state index contributed by atoms with van der Waals surface area (Å²) < 4.78 is 0. The molecule has 5 nitrogen and oxygen atoms in total. The number of hydrogen-bond acceptors (Lipinski definition) is 3. The van der Waals surface area contributed by atoms with Gasteiger partial charge in [0.25, 0.3) is 5.91 Å². The van der Waals surface area contributed by atoms with Crippen molar-refractivity contribution >= 4 is 17.5 Å². The van der Waals surface area contributed by atoms with Gasteiger partial charge in [-0.2, -0.15) is 0 Å². The summed E-state index contributed by atoms with van der Waals surface area (Å²) >= 11 is 5.81. The number of carbonyl (C=O) groups excluding carboxylic acids is 1. The van der Waals surface area contributed by atoms with E-state index < -0.39 is 0 Å². The highest BCUT2D eigenvalue weighted by Crippen LogP contribution is 2.10. The van der Waals surface area contributed by atoms with E-state index in [1.807, 2.05) is 0 Å². The quantitative estimate of drug-likeness (QED) is 0.807. The number of rotatable bonds is 4. The van der Waals surface area contributed by atoms with Crippen molar-refractivity contribution in [1.29, 1.82) is 0 Å². The summed E-state index contributed by atoms with van der Waals surface area (Å²) in [5.74, 6) is 0.609. The van der Waals surface area contributed by atoms with Gasteiger partial charge in [-0.3, -0.25) is 4.79 Å². The zero-order valence-electron chi connectivity index (χ0n) is 8.98. The second-order valence-electron chi connectivity index (χ2n) is 3.38. The maximum absolute atomic E-state index is 11.7. The number of carbonyl (C=O) groups is 1. The molecule has 88 valence electrons. The van der Waals surface area contributed by atoms with E-state index in [0.29, 0.717) is 18.5 Å². The van der Waals surface area contributed by atoms with Crippen LogP contribution in [-0.4, -0.2) is 27.4 Å². The number of aromatic nitrogens is 3. The van der Waals surface area contributed by atoms with Crippen LogP contribution in [0.25, 0.3) is 0 Å². The van der Waals surface area contributed by atoms with Crippen LogP contribution in [0.1, 0.15) is 16.2 Å². The largest absolute Gasteiger partial charge is 0.351 e. The van der Waals surface area contributed by atoms with Crippen LogP contribution < -0.4 is 5.32 Å². The van der Waals surface area contributed by atoms with Crippen LogP contribution in [0.15, 0.2) is 30.7 Å². The van der Waals surface area contributed by atoms with Gasteiger partial charge in [0.05, 0.1) is 5.56 Å². The Bertz CT molecular complexity index is 498. The highest BCUT2D eigenvalue weighted by molar-refractivity contribution is 6.32. The van der Waals surface area contributed by atoms with Crippen LogP contribution in [0.3, 0.4) is 0 Å². The lowest BCUT2D eigenvalue weighted by Crippen LogP contribution is -2.26. The number of pyridine rings is 1. The van der Waals surface area contributed by atoms with Gasteiger partial charge in [0.2, 0.25) is 0 Å². The van der Waals surface area contributed by atoms with Crippen LogP contribution in [0.2, 0.25) is 5.15 Å². The smallest absolute Gasteiger partial charge is 0.254 e. The third-order valence-electron chi connectivity index (χ3n) is 2.21. The van der Waals surface area contributed by atoms with Gasteiger partial charge in [0, 0.05) is 31.6 Å². The third-order valence-corrected chi connectivity index (χ3v) is 2.51. The fourth-order valence-electron chi connectivity index (χ4n) is 1.38. The number of halogens is 1. The van der Waals surface area contributed by atoms with Crippen LogP contribution >= 0.6 is 11.6 Å². The zero-order chi connectivity index (χ0) is 12.1. The molecule has 0 radical (unpaired) electrons. The Labute approximate surface area is 103 Å². The van der Waals surface area contributed by atoms with Crippen LogP contribution in [-0.2, 0) is 6.42 Å². The molecular weight excluding hydrogens is 240 g/mol. The highest BCUT2D eigenvalue weighted by atomic mass is 35.5. The van der Waals surface area contributed by atoms with E-state index in [9.17, 15) is 4.79 Å². The van der Waals surface area contributed by atoms with Gasteiger partial charge >= 0.3 is 0 Å². The number of hydrogen-bond donors (Lipinski definition) is 2. The van der Waals surface area contributed by atoms with Crippen LogP contribution in [0.4, 0.5) is 0 Å². The fraction of sp³-hybridized carbons (Fsp3) is 0.182. The van der Waals surface area contributed by atoms with Crippen molar-refractivity contribution in [2.75, 3.05) is 6.54 Å². The van der Waals surface area contributed by atoms with Crippen molar-refractivity contribution in [3.8, 4) is 0 Å². The molecule has 0 spiro atoms. The van der Waals surface area contributed by atoms with Crippen molar-refractivity contribution in [1.82, 2.24) is 20.3 Å². The number of imidazole rings is 1. The lowest BCUT2D eigenvalue weighted by Gasteiger charge is -2.04. The lowest BCUT2D eigenvalue weighted by atomic mass is 10.2. The standard InChI is InChI=1S/C11H11ClN4O/c12-10-8(2-1-4-15-10)11(17)16-5-3-9-13-6-7-14-9/h1-2,4,6-7H,3,5H2,(H,13,14)(H,16,17). The van der Waals surface area contributed by atoms with Crippen molar-refractivity contribution < 1.29 is 4.79 Å². The number of amides is 1. The summed E-state index contributed by atoms with van der Waals surface area (Å²) in [4.78, 5) is 22.6. The number of nitrogens with zero attached hydrogens (tertiary/aromatic N) is 2. The second kappa shape index (κ2) is 5.45. The molecule has 0 saturated heterocycles. The molecule has 0 aromatic carbocycles. The summed E-state index contributed by atoms with van der Waals surface area (Å²) in [5.41, 5.74) is 0.383. The van der Waals surface area contributed by atoms with Gasteiger partial charge in [-0.15, -0.1) is 0 Å². The average molecular weight is 251 g/mol. The minimum atomic E-state index is -0.227. The summed E-state index contributed by atoms with van der Waals surface area (Å²) in [5, 5.41) is 2.97. The maximum Gasteiger partial charge on any atom is 0.254 e. The molecule has 2 aromatic rings. The van der Waals surface area contributed by atoms with Crippen molar-refractivity contribution in [2.45, 2.75) is 6.42 Å². The summed E-state index contributed by atoms with van der Waals surface area (Å²) in [6, 6.07) is 3.31. The molecule has 0 fully saturated rings. The molecule has 2 rings (SSSR count). The van der Waals surface area contributed by atoms with Crippen molar-refractivity contribution in [2.24, 2.45) is 0 Å². The number of aromatic amines is 1. The van der Waals surface area contributed by atoms with Gasteiger partial charge in [-0.25, -0.2) is 9.97 Å². The molecule has 0 aliphatic rings. The number of H-pyrrole nitrogens is 1. The Morgan fingerprint density at radius 3 is 3.00 bits per heavy atom. The van der Waals surface area contributed by atoms with Gasteiger partial charge in [0.15, 0.2) is 0 Å². The third kappa shape index (κ3) is 3.04. The maximum atomic E-state index is 11.7. The monoisotopic (exact) mass is 250 g/mol. The van der Waals surface area contributed by atoms with Gasteiger partial charge in [-0.05, 0) is 12.1 Å².